The molecule has 3 aromatic rings. The van der Waals surface area contributed by atoms with Gasteiger partial charge >= 0.3 is 0 Å². The van der Waals surface area contributed by atoms with Gasteiger partial charge in [-0.1, -0.05) is 53.6 Å². The van der Waals surface area contributed by atoms with Crippen molar-refractivity contribution < 1.29 is 23.5 Å². The number of imide groups is 1. The van der Waals surface area contributed by atoms with Gasteiger partial charge in [-0.15, -0.1) is 0 Å². The highest BCUT2D eigenvalue weighted by Crippen LogP contribution is 2.36. The van der Waals surface area contributed by atoms with Gasteiger partial charge in [0.15, 0.2) is 11.5 Å². The fourth-order valence-corrected chi connectivity index (χ4v) is 4.41. The highest BCUT2D eigenvalue weighted by molar-refractivity contribution is 8.18. The van der Waals surface area contributed by atoms with E-state index in [1.165, 1.54) is 24.8 Å². The number of benzene rings is 3. The van der Waals surface area contributed by atoms with E-state index in [0.29, 0.717) is 29.2 Å². The lowest BCUT2D eigenvalue weighted by molar-refractivity contribution is -0.123. The Labute approximate surface area is 206 Å². The predicted molar refractivity (Wildman–Crippen MR) is 131 cm³/mol. The van der Waals surface area contributed by atoms with Crippen molar-refractivity contribution in [3.8, 4) is 11.5 Å². The molecule has 1 aliphatic heterocycles. The average molecular weight is 498 g/mol. The number of rotatable bonds is 7. The van der Waals surface area contributed by atoms with Crippen LogP contribution in [-0.4, -0.2) is 23.2 Å². The quantitative estimate of drug-likeness (QED) is 0.344. The molecule has 5 nitrogen and oxygen atoms in total. The fraction of sp³-hybridized carbons (Fsp3) is 0.154. The molecule has 1 saturated heterocycles. The summed E-state index contributed by atoms with van der Waals surface area (Å²) in [6.07, 6.45) is 1.63. The zero-order valence-corrected chi connectivity index (χ0v) is 20.1. The third kappa shape index (κ3) is 5.43. The van der Waals surface area contributed by atoms with E-state index in [9.17, 15) is 14.0 Å². The third-order valence-electron chi connectivity index (χ3n) is 5.22. The lowest BCUT2D eigenvalue weighted by atomic mass is 10.1. The number of amides is 2. The van der Waals surface area contributed by atoms with Gasteiger partial charge in [0, 0.05) is 5.02 Å². The van der Waals surface area contributed by atoms with Crippen LogP contribution in [0.3, 0.4) is 0 Å². The molecule has 8 heteroatoms. The Kier molecular flexibility index (Phi) is 7.24. The summed E-state index contributed by atoms with van der Waals surface area (Å²) >= 11 is 6.89. The Hall–Kier alpha value is -3.29. The van der Waals surface area contributed by atoms with Crippen LogP contribution in [0.25, 0.3) is 6.08 Å². The first-order valence-corrected chi connectivity index (χ1v) is 11.6. The Morgan fingerprint density at radius 2 is 1.79 bits per heavy atom. The molecule has 0 aliphatic carbocycles. The van der Waals surface area contributed by atoms with Gasteiger partial charge in [-0.3, -0.25) is 14.5 Å². The van der Waals surface area contributed by atoms with Crippen LogP contribution in [0.2, 0.25) is 5.02 Å². The van der Waals surface area contributed by atoms with Crippen molar-refractivity contribution in [3.63, 3.8) is 0 Å². The molecule has 0 aromatic heterocycles. The number of hydrogen-bond donors (Lipinski definition) is 0. The molecule has 0 radical (unpaired) electrons. The Balaban J connectivity index is 1.48. The van der Waals surface area contributed by atoms with Crippen molar-refractivity contribution in [2.75, 3.05) is 7.11 Å². The minimum atomic E-state index is -0.483. The maximum Gasteiger partial charge on any atom is 0.293 e. The van der Waals surface area contributed by atoms with Crippen molar-refractivity contribution in [2.24, 2.45) is 0 Å². The number of carbonyl (C=O) groups is 2. The van der Waals surface area contributed by atoms with E-state index in [2.05, 4.69) is 0 Å². The smallest absolute Gasteiger partial charge is 0.293 e. The molecule has 0 N–H and O–H groups in total. The second-order valence-corrected chi connectivity index (χ2v) is 9.09. The molecule has 0 saturated carbocycles. The lowest BCUT2D eigenvalue weighted by Crippen LogP contribution is -2.27. The van der Waals surface area contributed by atoms with Gasteiger partial charge in [0.25, 0.3) is 11.1 Å². The number of nitrogens with zero attached hydrogens (tertiary/aromatic N) is 1. The number of aryl methyl sites for hydroxylation is 1. The van der Waals surface area contributed by atoms with Crippen molar-refractivity contribution in [3.05, 3.63) is 98.7 Å². The van der Waals surface area contributed by atoms with Crippen LogP contribution in [0.1, 0.15) is 22.3 Å². The largest absolute Gasteiger partial charge is 0.493 e. The molecule has 2 amide bonds. The summed E-state index contributed by atoms with van der Waals surface area (Å²) in [7, 11) is 1.54. The molecule has 174 valence electrons. The van der Waals surface area contributed by atoms with E-state index in [1.54, 1.807) is 24.3 Å². The van der Waals surface area contributed by atoms with Crippen molar-refractivity contribution in [2.45, 2.75) is 20.1 Å². The van der Waals surface area contributed by atoms with Gasteiger partial charge < -0.3 is 9.47 Å². The van der Waals surface area contributed by atoms with Crippen LogP contribution < -0.4 is 9.47 Å². The van der Waals surface area contributed by atoms with Gasteiger partial charge in [0.1, 0.15) is 12.4 Å². The Bertz CT molecular complexity index is 1280. The van der Waals surface area contributed by atoms with Crippen molar-refractivity contribution in [1.82, 2.24) is 4.90 Å². The van der Waals surface area contributed by atoms with Crippen molar-refractivity contribution in [1.29, 1.82) is 0 Å². The predicted octanol–water partition coefficient (Wildman–Crippen LogP) is 6.61. The van der Waals surface area contributed by atoms with Gasteiger partial charge in [-0.25, -0.2) is 4.39 Å². The first kappa shape index (κ1) is 23.9. The Morgan fingerprint density at radius 3 is 2.50 bits per heavy atom. The standard InChI is InChI=1S/C26H21ClFNO4S/c1-16-3-5-17(6-4-16)15-33-22-10-7-18(11-23(22)32-2)12-24-25(30)29(26(31)34-24)14-19-8-9-20(28)13-21(19)27/h3-13H,14-15H2,1-2H3/b24-12-. The van der Waals surface area contributed by atoms with Crippen molar-refractivity contribution >= 4 is 40.6 Å². The highest BCUT2D eigenvalue weighted by Gasteiger charge is 2.35. The van der Waals surface area contributed by atoms with E-state index in [1.807, 2.05) is 31.2 Å². The van der Waals surface area contributed by atoms with Gasteiger partial charge in [0.05, 0.1) is 18.6 Å². The summed E-state index contributed by atoms with van der Waals surface area (Å²) in [6, 6.07) is 17.2. The first-order valence-electron chi connectivity index (χ1n) is 10.4. The minimum absolute atomic E-state index is 0.0315. The molecule has 1 fully saturated rings. The molecule has 0 bridgehead atoms. The van der Waals surface area contributed by atoms with E-state index in [0.717, 1.165) is 28.3 Å². The monoisotopic (exact) mass is 497 g/mol. The van der Waals surface area contributed by atoms with E-state index in [4.69, 9.17) is 21.1 Å². The molecule has 0 spiro atoms. The zero-order valence-electron chi connectivity index (χ0n) is 18.5. The number of thioether (sulfide) groups is 1. The van der Waals surface area contributed by atoms with Gasteiger partial charge in [-0.05, 0) is 65.7 Å². The van der Waals surface area contributed by atoms with Crippen LogP contribution in [-0.2, 0) is 17.9 Å². The van der Waals surface area contributed by atoms with Crippen LogP contribution in [0.5, 0.6) is 11.5 Å². The van der Waals surface area contributed by atoms with Gasteiger partial charge in [0.2, 0.25) is 0 Å². The number of halogens is 2. The second-order valence-electron chi connectivity index (χ2n) is 7.69. The maximum absolute atomic E-state index is 13.3. The molecule has 4 rings (SSSR count). The number of ether oxygens (including phenoxy) is 2. The van der Waals surface area contributed by atoms with Crippen LogP contribution in [0.15, 0.2) is 65.6 Å². The lowest BCUT2D eigenvalue weighted by Gasteiger charge is -2.13. The van der Waals surface area contributed by atoms with Crippen LogP contribution in [0, 0.1) is 12.7 Å². The summed E-state index contributed by atoms with van der Waals surface area (Å²) in [4.78, 5) is 26.7. The topological polar surface area (TPSA) is 55.8 Å². The number of carbonyl (C=O) groups excluding carboxylic acids is 2. The zero-order chi connectivity index (χ0) is 24.2. The van der Waals surface area contributed by atoms with Crippen LogP contribution >= 0.6 is 23.4 Å². The summed E-state index contributed by atoms with van der Waals surface area (Å²) in [6.45, 7) is 2.38. The molecular weight excluding hydrogens is 477 g/mol. The van der Waals surface area contributed by atoms with E-state index >= 15 is 0 Å². The summed E-state index contributed by atoms with van der Waals surface area (Å²) < 4.78 is 24.7. The SMILES string of the molecule is COc1cc(/C=C2\SC(=O)N(Cc3ccc(F)cc3Cl)C2=O)ccc1OCc1ccc(C)cc1. The molecule has 1 heterocycles. The summed E-state index contributed by atoms with van der Waals surface area (Å²) in [5, 5.41) is -0.254. The molecule has 0 unspecified atom stereocenters. The first-order chi connectivity index (χ1) is 16.3. The maximum atomic E-state index is 13.3. The number of hydrogen-bond acceptors (Lipinski definition) is 5. The van der Waals surface area contributed by atoms with E-state index in [-0.39, 0.29) is 16.5 Å². The number of methoxy groups -OCH3 is 1. The summed E-state index contributed by atoms with van der Waals surface area (Å²) in [5.74, 6) is 0.162. The average Bonchev–Trinajstić information content (AvgIpc) is 3.08. The molecular formula is C26H21ClFNO4S. The fourth-order valence-electron chi connectivity index (χ4n) is 3.35. The third-order valence-corrected chi connectivity index (χ3v) is 6.48. The second kappa shape index (κ2) is 10.3. The molecule has 1 aliphatic rings. The van der Waals surface area contributed by atoms with Crippen LogP contribution in [0.4, 0.5) is 9.18 Å². The molecule has 0 atom stereocenters. The Morgan fingerprint density at radius 1 is 1.03 bits per heavy atom. The highest BCUT2D eigenvalue weighted by atomic mass is 35.5. The van der Waals surface area contributed by atoms with Gasteiger partial charge in [-0.2, -0.15) is 0 Å². The molecule has 3 aromatic carbocycles. The normalized spacial score (nSPS) is 14.7. The minimum Gasteiger partial charge on any atom is -0.493 e. The van der Waals surface area contributed by atoms with E-state index < -0.39 is 17.0 Å². The summed E-state index contributed by atoms with van der Waals surface area (Å²) in [5.41, 5.74) is 3.38. The molecule has 34 heavy (non-hydrogen) atoms.